The lowest BCUT2D eigenvalue weighted by Gasteiger charge is -2.10. The van der Waals surface area contributed by atoms with Crippen LogP contribution < -0.4 is 11.1 Å². The summed E-state index contributed by atoms with van der Waals surface area (Å²) in [7, 11) is 0. The van der Waals surface area contributed by atoms with Crippen molar-refractivity contribution in [2.45, 2.75) is 18.9 Å². The van der Waals surface area contributed by atoms with Crippen molar-refractivity contribution in [3.63, 3.8) is 0 Å². The normalized spacial score (nSPS) is 11.8. The Kier molecular flexibility index (Phi) is 10.3. The Morgan fingerprint density at radius 2 is 2.25 bits per heavy atom. The first kappa shape index (κ1) is 14.2. The second kappa shape index (κ2) is 8.70. The summed E-state index contributed by atoms with van der Waals surface area (Å²) >= 11 is 0. The highest BCUT2D eigenvalue weighted by Crippen LogP contribution is 1.95. The number of aliphatic carboxylic acids is 1. The largest absolute Gasteiger partial charge is 0.480 e. The molecule has 0 aromatic rings. The Morgan fingerprint density at radius 3 is 2.58 bits per heavy atom. The molecule has 6 heteroatoms. The predicted octanol–water partition coefficient (Wildman–Crippen LogP) is 0.117. The number of carboxylic acids is 1. The number of carboxylic acid groups (broad SMARTS) is 1. The van der Waals surface area contributed by atoms with Gasteiger partial charge in [0.25, 0.3) is 0 Å². The average molecular weight is 201 g/mol. The summed E-state index contributed by atoms with van der Waals surface area (Å²) < 4.78 is 11.6. The molecule has 0 rings (SSSR count). The lowest BCUT2D eigenvalue weighted by Crippen LogP contribution is -2.36. The van der Waals surface area contributed by atoms with Crippen molar-refractivity contribution in [3.05, 3.63) is 0 Å². The van der Waals surface area contributed by atoms with Crippen molar-refractivity contribution in [2.75, 3.05) is 13.3 Å². The van der Waals surface area contributed by atoms with E-state index in [1.54, 1.807) is 0 Å². The first-order chi connectivity index (χ1) is 5.22. The van der Waals surface area contributed by atoms with Crippen LogP contribution in [0.3, 0.4) is 0 Å². The van der Waals surface area contributed by atoms with Crippen molar-refractivity contribution < 1.29 is 14.3 Å². The van der Waals surface area contributed by atoms with Gasteiger partial charge in [-0.25, -0.2) is 4.39 Å². The van der Waals surface area contributed by atoms with E-state index in [9.17, 15) is 9.18 Å². The highest BCUT2D eigenvalue weighted by Gasteiger charge is 2.14. The third-order valence-corrected chi connectivity index (χ3v) is 1.32. The molecule has 0 spiro atoms. The third-order valence-electron chi connectivity index (χ3n) is 1.32. The van der Waals surface area contributed by atoms with Crippen LogP contribution in [0.4, 0.5) is 4.39 Å². The molecule has 4 nitrogen and oxygen atoms in total. The van der Waals surface area contributed by atoms with E-state index in [2.05, 4.69) is 5.32 Å². The minimum atomic E-state index is -1.03. The second-order valence-electron chi connectivity index (χ2n) is 2.16. The number of halogens is 2. The minimum absolute atomic E-state index is 0. The van der Waals surface area contributed by atoms with Crippen LogP contribution in [0, 0.1) is 0 Å². The van der Waals surface area contributed by atoms with E-state index in [1.807, 2.05) is 0 Å². The predicted molar refractivity (Wildman–Crippen MR) is 46.1 cm³/mol. The van der Waals surface area contributed by atoms with Gasteiger partial charge in [0, 0.05) is 0 Å². The number of hydrogen-bond donors (Lipinski definition) is 3. The highest BCUT2D eigenvalue weighted by molar-refractivity contribution is 5.85. The fourth-order valence-electron chi connectivity index (χ4n) is 0.728. The summed E-state index contributed by atoms with van der Waals surface area (Å²) in [5.41, 5.74) is 5.16. The van der Waals surface area contributed by atoms with E-state index >= 15 is 0 Å². The number of nitrogens with one attached hydrogen (secondary N) is 1. The smallest absolute Gasteiger partial charge is 0.320 e. The van der Waals surface area contributed by atoms with Gasteiger partial charge in [-0.2, -0.15) is 0 Å². The summed E-state index contributed by atoms with van der Waals surface area (Å²) in [6.07, 6.45) is 0.958. The van der Waals surface area contributed by atoms with E-state index < -0.39 is 18.8 Å². The van der Waals surface area contributed by atoms with Crippen molar-refractivity contribution >= 4 is 18.4 Å². The molecule has 0 heterocycles. The van der Waals surface area contributed by atoms with Crippen LogP contribution >= 0.6 is 12.4 Å². The van der Waals surface area contributed by atoms with Gasteiger partial charge in [0.15, 0.2) is 0 Å². The van der Waals surface area contributed by atoms with Crippen LogP contribution in [0.25, 0.3) is 0 Å². The number of nitrogens with two attached hydrogens (primary N) is 1. The van der Waals surface area contributed by atoms with Crippen LogP contribution in [-0.2, 0) is 4.79 Å². The fourth-order valence-corrected chi connectivity index (χ4v) is 0.728. The zero-order valence-corrected chi connectivity index (χ0v) is 7.44. The van der Waals surface area contributed by atoms with Crippen LogP contribution in [0.5, 0.6) is 0 Å². The molecule has 0 aromatic heterocycles. The summed E-state index contributed by atoms with van der Waals surface area (Å²) in [5.74, 6) is -1.03. The number of alkyl halides is 1. The van der Waals surface area contributed by atoms with Gasteiger partial charge in [-0.3, -0.25) is 10.1 Å². The molecule has 0 saturated heterocycles. The van der Waals surface area contributed by atoms with Crippen molar-refractivity contribution in [3.8, 4) is 0 Å². The maximum Gasteiger partial charge on any atom is 0.320 e. The van der Waals surface area contributed by atoms with E-state index in [4.69, 9.17) is 10.8 Å². The Labute approximate surface area is 76.7 Å². The Bertz CT molecular complexity index is 126. The van der Waals surface area contributed by atoms with Gasteiger partial charge in [-0.15, -0.1) is 12.4 Å². The Balaban J connectivity index is 0. The van der Waals surface area contributed by atoms with Gasteiger partial charge < -0.3 is 10.8 Å². The number of rotatable bonds is 6. The van der Waals surface area contributed by atoms with Crippen molar-refractivity contribution in [1.29, 1.82) is 0 Å². The lowest BCUT2D eigenvalue weighted by molar-refractivity contribution is -0.139. The fraction of sp³-hybridized carbons (Fsp3) is 0.833. The quantitative estimate of drug-likeness (QED) is 0.533. The summed E-state index contributed by atoms with van der Waals surface area (Å²) in [6, 6.07) is -0.802. The first-order valence-electron chi connectivity index (χ1n) is 3.44. The summed E-state index contributed by atoms with van der Waals surface area (Å²) in [5, 5.41) is 10.7. The van der Waals surface area contributed by atoms with Crippen LogP contribution in [0.2, 0.25) is 0 Å². The highest BCUT2D eigenvalue weighted by atomic mass is 35.5. The minimum Gasteiger partial charge on any atom is -0.480 e. The molecule has 12 heavy (non-hydrogen) atoms. The topological polar surface area (TPSA) is 75.3 Å². The molecule has 4 N–H and O–H groups in total. The van der Waals surface area contributed by atoms with E-state index in [-0.39, 0.29) is 12.4 Å². The van der Waals surface area contributed by atoms with Crippen LogP contribution in [0.1, 0.15) is 12.8 Å². The van der Waals surface area contributed by atoms with Crippen molar-refractivity contribution in [1.82, 2.24) is 5.32 Å². The molecule has 0 aliphatic carbocycles. The van der Waals surface area contributed by atoms with Crippen LogP contribution in [-0.4, -0.2) is 30.5 Å². The Hall–Kier alpha value is -0.390. The molecule has 0 aliphatic heterocycles. The van der Waals surface area contributed by atoms with E-state index in [0.29, 0.717) is 19.4 Å². The molecule has 0 aromatic carbocycles. The lowest BCUT2D eigenvalue weighted by atomic mass is 10.1. The third kappa shape index (κ3) is 6.33. The maximum absolute atomic E-state index is 11.6. The van der Waals surface area contributed by atoms with Gasteiger partial charge in [-0.1, -0.05) is 0 Å². The van der Waals surface area contributed by atoms with E-state index in [0.717, 1.165) is 0 Å². The number of carbonyl (C=O) groups is 1. The second-order valence-corrected chi connectivity index (χ2v) is 2.16. The van der Waals surface area contributed by atoms with Gasteiger partial charge in [0.2, 0.25) is 0 Å². The molecular weight excluding hydrogens is 187 g/mol. The molecule has 74 valence electrons. The average Bonchev–Trinajstić information content (AvgIpc) is 1.97. The molecule has 1 unspecified atom stereocenters. The maximum atomic E-state index is 11.6. The molecule has 0 bridgehead atoms. The zero-order valence-electron chi connectivity index (χ0n) is 6.62. The monoisotopic (exact) mass is 200 g/mol. The standard InChI is InChI=1S/C6H13FN2O2.ClH/c7-4-9-5(6(10)11)2-1-3-8;/h5,9H,1-4,8H2,(H,10,11);1H. The molecule has 0 fully saturated rings. The van der Waals surface area contributed by atoms with E-state index in [1.165, 1.54) is 0 Å². The molecular formula is C6H14ClFN2O2. The molecule has 0 aliphatic rings. The molecule has 0 saturated carbocycles. The molecule has 0 radical (unpaired) electrons. The van der Waals surface area contributed by atoms with Crippen molar-refractivity contribution in [2.24, 2.45) is 5.73 Å². The number of hydrogen-bond acceptors (Lipinski definition) is 3. The summed E-state index contributed by atoms with van der Waals surface area (Å²) in [6.45, 7) is -0.390. The zero-order chi connectivity index (χ0) is 8.69. The Morgan fingerprint density at radius 1 is 1.67 bits per heavy atom. The van der Waals surface area contributed by atoms with Crippen LogP contribution in [0.15, 0.2) is 0 Å². The van der Waals surface area contributed by atoms with Gasteiger partial charge >= 0.3 is 5.97 Å². The first-order valence-corrected chi connectivity index (χ1v) is 3.44. The van der Waals surface area contributed by atoms with Gasteiger partial charge in [0.05, 0.1) is 0 Å². The summed E-state index contributed by atoms with van der Waals surface area (Å²) in [4.78, 5) is 10.3. The van der Waals surface area contributed by atoms with Gasteiger partial charge in [-0.05, 0) is 19.4 Å². The molecule has 0 amide bonds. The SMILES string of the molecule is Cl.NCCCC(NCF)C(=O)O. The molecule has 1 atom stereocenters. The van der Waals surface area contributed by atoms with Gasteiger partial charge in [0.1, 0.15) is 12.8 Å².